The van der Waals surface area contributed by atoms with Gasteiger partial charge in [-0.25, -0.2) is 4.79 Å². The molecular formula is C9H16N4O. The summed E-state index contributed by atoms with van der Waals surface area (Å²) in [6, 6.07) is 0. The van der Waals surface area contributed by atoms with Crippen LogP contribution in [0.25, 0.3) is 0 Å². The average Bonchev–Trinajstić information content (AvgIpc) is 2.19. The van der Waals surface area contributed by atoms with Crippen LogP contribution in [0.4, 0.5) is 11.5 Å². The summed E-state index contributed by atoms with van der Waals surface area (Å²) in [6.45, 7) is 9.12. The number of nitrogens with one attached hydrogen (secondary N) is 2. The molecule has 0 aliphatic heterocycles. The Morgan fingerprint density at radius 1 is 1.50 bits per heavy atom. The third-order valence-corrected chi connectivity index (χ3v) is 1.48. The maximum Gasteiger partial charge on any atom is 0.347 e. The van der Waals surface area contributed by atoms with Crippen molar-refractivity contribution in [3.63, 3.8) is 0 Å². The monoisotopic (exact) mass is 196 g/mol. The fourth-order valence-corrected chi connectivity index (χ4v) is 0.947. The summed E-state index contributed by atoms with van der Waals surface area (Å²) in [7, 11) is 1.68. The van der Waals surface area contributed by atoms with Gasteiger partial charge in [0.25, 0.3) is 0 Å². The molecule has 0 aliphatic carbocycles. The second-order valence-corrected chi connectivity index (χ2v) is 2.27. The Kier molecular flexibility index (Phi) is 5.21. The van der Waals surface area contributed by atoms with Gasteiger partial charge in [-0.3, -0.25) is 4.99 Å². The number of anilines is 1. The van der Waals surface area contributed by atoms with Crippen LogP contribution in [0.3, 0.4) is 0 Å². The zero-order chi connectivity index (χ0) is 11.1. The van der Waals surface area contributed by atoms with Gasteiger partial charge in [0, 0.05) is 12.7 Å². The topological polar surface area (TPSA) is 70.1 Å². The number of aryl methyl sites for hydroxylation is 1. The summed E-state index contributed by atoms with van der Waals surface area (Å²) in [6.07, 6.45) is 0. The van der Waals surface area contributed by atoms with Crippen LogP contribution in [0.1, 0.15) is 19.5 Å². The van der Waals surface area contributed by atoms with Crippen molar-refractivity contribution >= 4 is 18.2 Å². The molecule has 5 heteroatoms. The van der Waals surface area contributed by atoms with Crippen molar-refractivity contribution in [2.45, 2.75) is 20.8 Å². The summed E-state index contributed by atoms with van der Waals surface area (Å²) in [5.74, 6) is 0.450. The molecule has 5 nitrogen and oxygen atoms in total. The molecule has 0 spiro atoms. The molecule has 1 aromatic heterocycles. The van der Waals surface area contributed by atoms with E-state index in [1.165, 1.54) is 0 Å². The molecule has 0 fully saturated rings. The van der Waals surface area contributed by atoms with Gasteiger partial charge in [-0.1, -0.05) is 13.8 Å². The van der Waals surface area contributed by atoms with Gasteiger partial charge in [-0.2, -0.15) is 4.98 Å². The normalized spacial score (nSPS) is 8.57. The fraction of sp³-hybridized carbons (Fsp3) is 0.444. The van der Waals surface area contributed by atoms with Gasteiger partial charge in [0.15, 0.2) is 5.82 Å². The van der Waals surface area contributed by atoms with Gasteiger partial charge >= 0.3 is 5.69 Å². The third kappa shape index (κ3) is 2.69. The lowest BCUT2D eigenvalue weighted by molar-refractivity contribution is 1.02. The summed E-state index contributed by atoms with van der Waals surface area (Å²) in [5.41, 5.74) is 0.857. The first kappa shape index (κ1) is 12.3. The van der Waals surface area contributed by atoms with Crippen molar-refractivity contribution < 1.29 is 0 Å². The Bertz CT molecular complexity index is 356. The minimum absolute atomic E-state index is 0.385. The van der Waals surface area contributed by atoms with E-state index in [-0.39, 0.29) is 5.69 Å². The van der Waals surface area contributed by atoms with Gasteiger partial charge < -0.3 is 10.3 Å². The van der Waals surface area contributed by atoms with Crippen molar-refractivity contribution in [3.8, 4) is 0 Å². The van der Waals surface area contributed by atoms with Crippen LogP contribution < -0.4 is 11.0 Å². The predicted molar refractivity (Wildman–Crippen MR) is 59.7 cm³/mol. The highest BCUT2D eigenvalue weighted by atomic mass is 16.1. The molecular weight excluding hydrogens is 180 g/mol. The van der Waals surface area contributed by atoms with E-state index in [2.05, 4.69) is 27.0 Å². The van der Waals surface area contributed by atoms with Crippen LogP contribution in [0.15, 0.2) is 9.79 Å². The van der Waals surface area contributed by atoms with E-state index in [9.17, 15) is 4.79 Å². The summed E-state index contributed by atoms with van der Waals surface area (Å²) < 4.78 is 0. The molecule has 1 heterocycles. The number of H-pyrrole nitrogens is 1. The maximum atomic E-state index is 10.9. The van der Waals surface area contributed by atoms with Crippen molar-refractivity contribution in [3.05, 3.63) is 16.2 Å². The first-order valence-electron chi connectivity index (χ1n) is 4.44. The van der Waals surface area contributed by atoms with Crippen LogP contribution in [0, 0.1) is 6.92 Å². The van der Waals surface area contributed by atoms with Crippen molar-refractivity contribution in [1.29, 1.82) is 0 Å². The van der Waals surface area contributed by atoms with E-state index in [0.717, 1.165) is 0 Å². The summed E-state index contributed by atoms with van der Waals surface area (Å²) >= 11 is 0. The summed E-state index contributed by atoms with van der Waals surface area (Å²) in [5, 5.41) is 2.76. The molecule has 78 valence electrons. The Labute approximate surface area is 83.3 Å². The molecule has 0 saturated carbocycles. The van der Waals surface area contributed by atoms with Gasteiger partial charge in [0.05, 0.1) is 0 Å². The largest absolute Gasteiger partial charge is 0.371 e. The number of nitrogens with zero attached hydrogens (tertiary/aromatic N) is 2. The van der Waals surface area contributed by atoms with Gasteiger partial charge in [0.2, 0.25) is 0 Å². The molecule has 14 heavy (non-hydrogen) atoms. The van der Waals surface area contributed by atoms with Crippen molar-refractivity contribution in [2.75, 3.05) is 12.4 Å². The fourth-order valence-electron chi connectivity index (χ4n) is 0.947. The lowest BCUT2D eigenvalue weighted by atomic mass is 10.3. The molecule has 0 radical (unpaired) electrons. The number of hydrogen-bond donors (Lipinski definition) is 2. The highest BCUT2D eigenvalue weighted by molar-refractivity contribution is 5.64. The second-order valence-electron chi connectivity index (χ2n) is 2.27. The molecule has 0 aromatic carbocycles. The highest BCUT2D eigenvalue weighted by Gasteiger charge is 2.04. The lowest BCUT2D eigenvalue weighted by Crippen LogP contribution is -2.13. The van der Waals surface area contributed by atoms with E-state index in [4.69, 9.17) is 0 Å². The minimum Gasteiger partial charge on any atom is -0.371 e. The number of hydrogen-bond acceptors (Lipinski definition) is 4. The maximum absolute atomic E-state index is 10.9. The number of aromatic amines is 1. The molecule has 0 aliphatic rings. The first-order valence-corrected chi connectivity index (χ1v) is 4.44. The number of aromatic nitrogens is 2. The van der Waals surface area contributed by atoms with Gasteiger partial charge in [-0.15, -0.1) is 0 Å². The Morgan fingerprint density at radius 2 is 2.07 bits per heavy atom. The Morgan fingerprint density at radius 3 is 2.50 bits per heavy atom. The predicted octanol–water partition coefficient (Wildman–Crippen LogP) is 1.48. The van der Waals surface area contributed by atoms with Crippen molar-refractivity contribution in [1.82, 2.24) is 9.97 Å². The van der Waals surface area contributed by atoms with E-state index < -0.39 is 0 Å². The zero-order valence-electron chi connectivity index (χ0n) is 9.01. The summed E-state index contributed by atoms with van der Waals surface area (Å²) in [4.78, 5) is 20.8. The zero-order valence-corrected chi connectivity index (χ0v) is 9.01. The van der Waals surface area contributed by atoms with Crippen molar-refractivity contribution in [2.24, 2.45) is 4.99 Å². The van der Waals surface area contributed by atoms with Crippen LogP contribution in [-0.2, 0) is 0 Å². The van der Waals surface area contributed by atoms with Crippen LogP contribution in [-0.4, -0.2) is 23.7 Å². The van der Waals surface area contributed by atoms with Crippen LogP contribution >= 0.6 is 0 Å². The first-order chi connectivity index (χ1) is 6.69. The van der Waals surface area contributed by atoms with E-state index >= 15 is 0 Å². The smallest absolute Gasteiger partial charge is 0.347 e. The Hall–Kier alpha value is -1.65. The number of rotatable bonds is 2. The molecule has 0 saturated heterocycles. The standard InChI is InChI=1S/C7H10N4O.C2H6/c1-4-5(8-2)6(9-3)11-7(12)10-4;1-2/h2H2,1,3H3,(H2,9,10,11,12);1-2H3. The highest BCUT2D eigenvalue weighted by Crippen LogP contribution is 2.21. The molecule has 0 atom stereocenters. The van der Waals surface area contributed by atoms with E-state index in [0.29, 0.717) is 17.2 Å². The molecule has 0 unspecified atom stereocenters. The van der Waals surface area contributed by atoms with E-state index in [1.54, 1.807) is 14.0 Å². The lowest BCUT2D eigenvalue weighted by Gasteiger charge is -2.04. The molecule has 1 rings (SSSR count). The second kappa shape index (κ2) is 5.90. The molecule has 1 aromatic rings. The molecule has 0 bridgehead atoms. The average molecular weight is 196 g/mol. The van der Waals surface area contributed by atoms with Crippen LogP contribution in [0.5, 0.6) is 0 Å². The van der Waals surface area contributed by atoms with Gasteiger partial charge in [0.1, 0.15) is 5.69 Å². The molecule has 0 amide bonds. The molecule has 2 N–H and O–H groups in total. The van der Waals surface area contributed by atoms with E-state index in [1.807, 2.05) is 13.8 Å². The van der Waals surface area contributed by atoms with Gasteiger partial charge in [-0.05, 0) is 13.6 Å². The number of aliphatic imine (C=N–C) groups is 1. The third-order valence-electron chi connectivity index (χ3n) is 1.48. The van der Waals surface area contributed by atoms with Crippen LogP contribution in [0.2, 0.25) is 0 Å². The Balaban J connectivity index is 0.000000791. The minimum atomic E-state index is -0.385. The SMILES string of the molecule is C=Nc1c(NC)nc(=O)[nH]c1C.CC. The quantitative estimate of drug-likeness (QED) is 0.704.